The number of hydrogen-bond acceptors (Lipinski definition) is 2. The number of benzene rings is 1. The van der Waals surface area contributed by atoms with Crippen LogP contribution in [0.5, 0.6) is 5.75 Å². The predicted molar refractivity (Wildman–Crippen MR) is 71.8 cm³/mol. The van der Waals surface area contributed by atoms with E-state index in [1.54, 1.807) is 6.92 Å². The molecule has 0 N–H and O–H groups in total. The van der Waals surface area contributed by atoms with Gasteiger partial charge in [0.15, 0.2) is 6.10 Å². The molecule has 1 heterocycles. The predicted octanol–water partition coefficient (Wildman–Crippen LogP) is 2.83. The molecule has 0 aromatic heterocycles. The van der Waals surface area contributed by atoms with Crippen LogP contribution in [0.2, 0.25) is 0 Å². The highest BCUT2D eigenvalue weighted by Gasteiger charge is 2.31. The zero-order chi connectivity index (χ0) is 12.4. The largest absolute Gasteiger partial charge is 0.479 e. The third-order valence-electron chi connectivity index (χ3n) is 2.83. The second-order valence-corrected chi connectivity index (χ2v) is 5.08. The van der Waals surface area contributed by atoms with E-state index in [1.807, 2.05) is 29.2 Å². The van der Waals surface area contributed by atoms with Crippen molar-refractivity contribution in [2.45, 2.75) is 20.0 Å². The van der Waals surface area contributed by atoms with Crippen molar-refractivity contribution in [3.05, 3.63) is 24.3 Å². The van der Waals surface area contributed by atoms with Crippen LogP contribution in [-0.2, 0) is 4.79 Å². The van der Waals surface area contributed by atoms with Crippen LogP contribution >= 0.6 is 15.9 Å². The number of anilines is 1. The second kappa shape index (κ2) is 5.08. The Balaban J connectivity index is 2.32. The van der Waals surface area contributed by atoms with Crippen molar-refractivity contribution in [1.82, 2.24) is 0 Å². The first-order valence-corrected chi connectivity index (χ1v) is 6.88. The lowest BCUT2D eigenvalue weighted by Gasteiger charge is -2.34. The van der Waals surface area contributed by atoms with Gasteiger partial charge in [-0.1, -0.05) is 35.0 Å². The molecule has 0 radical (unpaired) electrons. The van der Waals surface area contributed by atoms with Gasteiger partial charge >= 0.3 is 0 Å². The van der Waals surface area contributed by atoms with Gasteiger partial charge in [-0.15, -0.1) is 0 Å². The van der Waals surface area contributed by atoms with Crippen molar-refractivity contribution in [2.24, 2.45) is 5.92 Å². The highest BCUT2D eigenvalue weighted by atomic mass is 79.9. The molecule has 2 unspecified atom stereocenters. The number of halogens is 1. The normalized spacial score (nSPS) is 20.8. The Morgan fingerprint density at radius 2 is 2.18 bits per heavy atom. The Kier molecular flexibility index (Phi) is 3.72. The van der Waals surface area contributed by atoms with Gasteiger partial charge in [-0.3, -0.25) is 4.79 Å². The van der Waals surface area contributed by atoms with Gasteiger partial charge in [-0.2, -0.15) is 0 Å². The van der Waals surface area contributed by atoms with Crippen molar-refractivity contribution in [3.63, 3.8) is 0 Å². The number of hydrogen-bond donors (Lipinski definition) is 0. The van der Waals surface area contributed by atoms with Crippen LogP contribution in [0.25, 0.3) is 0 Å². The van der Waals surface area contributed by atoms with E-state index >= 15 is 0 Å². The number of fused-ring (bicyclic) bond motifs is 1. The summed E-state index contributed by atoms with van der Waals surface area (Å²) in [5, 5.41) is 0.883. The maximum Gasteiger partial charge on any atom is 0.267 e. The molecule has 1 aliphatic heterocycles. The first-order valence-electron chi connectivity index (χ1n) is 5.76. The lowest BCUT2D eigenvalue weighted by molar-refractivity contribution is -0.125. The number of ether oxygens (including phenoxy) is 1. The van der Waals surface area contributed by atoms with Crippen molar-refractivity contribution in [1.29, 1.82) is 0 Å². The van der Waals surface area contributed by atoms with E-state index < -0.39 is 6.10 Å². The summed E-state index contributed by atoms with van der Waals surface area (Å²) in [6.45, 7) is 4.63. The maximum absolute atomic E-state index is 12.1. The van der Waals surface area contributed by atoms with Crippen LogP contribution in [-0.4, -0.2) is 23.9 Å². The molecule has 0 aliphatic carbocycles. The van der Waals surface area contributed by atoms with Gasteiger partial charge in [0.05, 0.1) is 5.69 Å². The quantitative estimate of drug-likeness (QED) is 0.803. The summed E-state index contributed by atoms with van der Waals surface area (Å²) in [6.07, 6.45) is -0.396. The zero-order valence-corrected chi connectivity index (χ0v) is 11.6. The van der Waals surface area contributed by atoms with Gasteiger partial charge in [-0.05, 0) is 25.0 Å². The average Bonchev–Trinajstić information content (AvgIpc) is 2.34. The fraction of sp³-hybridized carbons (Fsp3) is 0.462. The van der Waals surface area contributed by atoms with E-state index in [2.05, 4.69) is 22.9 Å². The van der Waals surface area contributed by atoms with E-state index in [1.165, 1.54) is 0 Å². The topological polar surface area (TPSA) is 29.5 Å². The Morgan fingerprint density at radius 3 is 2.88 bits per heavy atom. The molecule has 0 bridgehead atoms. The van der Waals surface area contributed by atoms with Gasteiger partial charge < -0.3 is 9.64 Å². The summed E-state index contributed by atoms with van der Waals surface area (Å²) in [4.78, 5) is 14.0. The third kappa shape index (κ3) is 2.46. The number of amides is 1. The van der Waals surface area contributed by atoms with Crippen LogP contribution in [0.3, 0.4) is 0 Å². The number of carbonyl (C=O) groups excluding carboxylic acids is 1. The molecule has 0 saturated carbocycles. The van der Waals surface area contributed by atoms with Gasteiger partial charge in [0.25, 0.3) is 5.91 Å². The highest BCUT2D eigenvalue weighted by Crippen LogP contribution is 2.34. The van der Waals surface area contributed by atoms with E-state index in [-0.39, 0.29) is 5.91 Å². The summed E-state index contributed by atoms with van der Waals surface area (Å²) < 4.78 is 5.59. The van der Waals surface area contributed by atoms with Gasteiger partial charge in [0.2, 0.25) is 0 Å². The number of rotatable bonds is 3. The summed E-state index contributed by atoms with van der Waals surface area (Å²) in [5.41, 5.74) is 0.878. The molecule has 2 rings (SSSR count). The molecule has 1 aliphatic rings. The molecule has 1 amide bonds. The van der Waals surface area contributed by atoms with Crippen molar-refractivity contribution in [2.75, 3.05) is 16.8 Å². The van der Waals surface area contributed by atoms with E-state index in [0.29, 0.717) is 5.92 Å². The molecular weight excluding hydrogens is 282 g/mol. The fourth-order valence-corrected chi connectivity index (χ4v) is 2.11. The third-order valence-corrected chi connectivity index (χ3v) is 3.94. The minimum absolute atomic E-state index is 0.0384. The number of carbonyl (C=O) groups is 1. The Bertz CT molecular complexity index is 422. The van der Waals surface area contributed by atoms with Crippen molar-refractivity contribution < 1.29 is 9.53 Å². The Hall–Kier alpha value is -1.03. The SMILES string of the molecule is CC(CBr)CN1C(=O)C(C)Oc2ccccc21. The fourth-order valence-electron chi connectivity index (χ4n) is 1.91. The number of alkyl halides is 1. The zero-order valence-electron chi connectivity index (χ0n) is 10.0. The molecule has 0 fully saturated rings. The van der Waals surface area contributed by atoms with Crippen LogP contribution in [0.4, 0.5) is 5.69 Å². The summed E-state index contributed by atoms with van der Waals surface area (Å²) in [7, 11) is 0. The lowest BCUT2D eigenvalue weighted by Crippen LogP contribution is -2.46. The number of para-hydroxylation sites is 2. The molecule has 2 atom stereocenters. The van der Waals surface area contributed by atoms with E-state index in [9.17, 15) is 4.79 Å². The molecule has 1 aromatic rings. The summed E-state index contributed by atoms with van der Waals surface area (Å²) >= 11 is 3.45. The summed E-state index contributed by atoms with van der Waals surface area (Å²) in [5.74, 6) is 1.25. The monoisotopic (exact) mass is 297 g/mol. The maximum atomic E-state index is 12.1. The molecule has 1 aromatic carbocycles. The Morgan fingerprint density at radius 1 is 1.47 bits per heavy atom. The highest BCUT2D eigenvalue weighted by molar-refractivity contribution is 9.09. The van der Waals surface area contributed by atoms with E-state index in [0.717, 1.165) is 23.3 Å². The molecular formula is C13H16BrNO2. The minimum atomic E-state index is -0.396. The molecule has 17 heavy (non-hydrogen) atoms. The molecule has 0 spiro atoms. The lowest BCUT2D eigenvalue weighted by atomic mass is 10.1. The molecule has 92 valence electrons. The Labute approximate surface area is 110 Å². The van der Waals surface area contributed by atoms with Crippen LogP contribution in [0, 0.1) is 5.92 Å². The summed E-state index contributed by atoms with van der Waals surface area (Å²) in [6, 6.07) is 7.69. The second-order valence-electron chi connectivity index (χ2n) is 4.44. The van der Waals surface area contributed by atoms with Crippen LogP contribution < -0.4 is 9.64 Å². The van der Waals surface area contributed by atoms with E-state index in [4.69, 9.17) is 4.74 Å². The van der Waals surface area contributed by atoms with Crippen LogP contribution in [0.15, 0.2) is 24.3 Å². The van der Waals surface area contributed by atoms with Crippen molar-refractivity contribution in [3.8, 4) is 5.75 Å². The molecule has 4 heteroatoms. The van der Waals surface area contributed by atoms with Crippen molar-refractivity contribution >= 4 is 27.5 Å². The van der Waals surface area contributed by atoms with Gasteiger partial charge in [-0.25, -0.2) is 0 Å². The first kappa shape index (κ1) is 12.4. The molecule has 3 nitrogen and oxygen atoms in total. The number of nitrogens with zero attached hydrogens (tertiary/aromatic N) is 1. The minimum Gasteiger partial charge on any atom is -0.479 e. The first-order chi connectivity index (χ1) is 8.13. The van der Waals surface area contributed by atoms with Crippen LogP contribution in [0.1, 0.15) is 13.8 Å². The smallest absolute Gasteiger partial charge is 0.267 e. The molecule has 0 saturated heterocycles. The van der Waals surface area contributed by atoms with Gasteiger partial charge in [0, 0.05) is 11.9 Å². The van der Waals surface area contributed by atoms with Gasteiger partial charge in [0.1, 0.15) is 5.75 Å². The average molecular weight is 298 g/mol. The standard InChI is InChI=1S/C13H16BrNO2/c1-9(7-14)8-15-11-5-3-4-6-12(11)17-10(2)13(15)16/h3-6,9-10H,7-8H2,1-2H3.